The number of rotatable bonds is 4. The first-order chi connectivity index (χ1) is 6.67. The van der Waals surface area contributed by atoms with E-state index < -0.39 is 0 Å². The average Bonchev–Trinajstić information content (AvgIpc) is 2.16. The van der Waals surface area contributed by atoms with Crippen LogP contribution < -0.4 is 4.74 Å². The third-order valence-electron chi connectivity index (χ3n) is 2.00. The van der Waals surface area contributed by atoms with Gasteiger partial charge in [-0.1, -0.05) is 6.92 Å². The lowest BCUT2D eigenvalue weighted by Crippen LogP contribution is -1.99. The zero-order valence-electron chi connectivity index (χ0n) is 8.96. The van der Waals surface area contributed by atoms with E-state index in [2.05, 4.69) is 0 Å². The Balaban J connectivity index is 3.00. The second-order valence-corrected chi connectivity index (χ2v) is 3.24. The maximum Gasteiger partial charge on any atom is 0.162 e. The summed E-state index contributed by atoms with van der Waals surface area (Å²) in [6.07, 6.45) is 0.537. The van der Waals surface area contributed by atoms with Crippen molar-refractivity contribution < 1.29 is 9.53 Å². The zero-order valence-corrected chi connectivity index (χ0v) is 8.96. The minimum Gasteiger partial charge on any atom is -0.494 e. The van der Waals surface area contributed by atoms with E-state index in [1.54, 1.807) is 0 Å². The molecule has 0 spiro atoms. The number of Topliss-reactive ketones (excluding diaryl/α,β-unsaturated/α-hetero) is 1. The second-order valence-electron chi connectivity index (χ2n) is 3.24. The fraction of sp³-hybridized carbons (Fsp3) is 0.417. The first-order valence-electron chi connectivity index (χ1n) is 4.95. The van der Waals surface area contributed by atoms with E-state index in [1.165, 1.54) is 0 Å². The zero-order chi connectivity index (χ0) is 10.6. The Hall–Kier alpha value is -1.31. The fourth-order valence-corrected chi connectivity index (χ4v) is 1.36. The summed E-state index contributed by atoms with van der Waals surface area (Å²) < 4.78 is 5.37. The summed E-state index contributed by atoms with van der Waals surface area (Å²) in [5.41, 5.74) is 1.81. The summed E-state index contributed by atoms with van der Waals surface area (Å²) in [7, 11) is 0. The molecule has 0 bridgehead atoms. The molecule has 76 valence electrons. The molecule has 0 heterocycles. The van der Waals surface area contributed by atoms with Gasteiger partial charge in [-0.15, -0.1) is 0 Å². The van der Waals surface area contributed by atoms with E-state index in [0.29, 0.717) is 13.0 Å². The first kappa shape index (κ1) is 10.8. The molecule has 0 aliphatic carbocycles. The van der Waals surface area contributed by atoms with Crippen LogP contribution in [0.4, 0.5) is 0 Å². The molecular formula is C12H16O2. The fourth-order valence-electron chi connectivity index (χ4n) is 1.36. The number of carbonyl (C=O) groups excluding carboxylic acids is 1. The lowest BCUT2D eigenvalue weighted by atomic mass is 10.1. The summed E-state index contributed by atoms with van der Waals surface area (Å²) in [6.45, 7) is 6.40. The molecular weight excluding hydrogens is 176 g/mol. The van der Waals surface area contributed by atoms with Gasteiger partial charge in [0, 0.05) is 12.0 Å². The molecule has 0 amide bonds. The van der Waals surface area contributed by atoms with Crippen LogP contribution in [0.25, 0.3) is 0 Å². The number of benzene rings is 1. The van der Waals surface area contributed by atoms with Gasteiger partial charge < -0.3 is 4.74 Å². The average molecular weight is 192 g/mol. The van der Waals surface area contributed by atoms with E-state index in [4.69, 9.17) is 4.74 Å². The summed E-state index contributed by atoms with van der Waals surface area (Å²) in [6, 6.07) is 5.65. The molecule has 1 aromatic carbocycles. The second kappa shape index (κ2) is 4.80. The van der Waals surface area contributed by atoms with Gasteiger partial charge in [-0.3, -0.25) is 4.79 Å². The summed E-state index contributed by atoms with van der Waals surface area (Å²) >= 11 is 0. The van der Waals surface area contributed by atoms with Crippen molar-refractivity contribution >= 4 is 5.78 Å². The molecule has 0 aliphatic rings. The molecule has 1 rings (SSSR count). The predicted molar refractivity (Wildman–Crippen MR) is 57.0 cm³/mol. The first-order valence-corrected chi connectivity index (χ1v) is 4.95. The highest BCUT2D eigenvalue weighted by Gasteiger charge is 2.05. The van der Waals surface area contributed by atoms with Crippen molar-refractivity contribution in [3.63, 3.8) is 0 Å². The van der Waals surface area contributed by atoms with E-state index >= 15 is 0 Å². The Morgan fingerprint density at radius 1 is 1.29 bits per heavy atom. The van der Waals surface area contributed by atoms with E-state index in [9.17, 15) is 4.79 Å². The number of ketones is 1. The van der Waals surface area contributed by atoms with Crippen molar-refractivity contribution in [2.75, 3.05) is 6.61 Å². The van der Waals surface area contributed by atoms with Crippen LogP contribution in [0, 0.1) is 6.92 Å². The Morgan fingerprint density at radius 2 is 2.00 bits per heavy atom. The van der Waals surface area contributed by atoms with Crippen molar-refractivity contribution in [1.82, 2.24) is 0 Å². The minimum atomic E-state index is 0.162. The number of aryl methyl sites for hydroxylation is 1. The van der Waals surface area contributed by atoms with Crippen LogP contribution in [0.5, 0.6) is 5.75 Å². The molecule has 0 radical (unpaired) electrons. The van der Waals surface area contributed by atoms with Gasteiger partial charge in [-0.2, -0.15) is 0 Å². The maximum atomic E-state index is 11.5. The largest absolute Gasteiger partial charge is 0.494 e. The van der Waals surface area contributed by atoms with Gasteiger partial charge in [-0.25, -0.2) is 0 Å². The van der Waals surface area contributed by atoms with Crippen molar-refractivity contribution in [2.45, 2.75) is 27.2 Å². The SMILES string of the molecule is CCOc1cc(C)cc(C(=O)CC)c1. The third-order valence-corrected chi connectivity index (χ3v) is 2.00. The van der Waals surface area contributed by atoms with E-state index in [0.717, 1.165) is 16.9 Å². The van der Waals surface area contributed by atoms with E-state index in [-0.39, 0.29) is 5.78 Å². The monoisotopic (exact) mass is 192 g/mol. The number of hydrogen-bond acceptors (Lipinski definition) is 2. The van der Waals surface area contributed by atoms with Crippen molar-refractivity contribution in [3.05, 3.63) is 29.3 Å². The normalized spacial score (nSPS) is 9.93. The standard InChI is InChI=1S/C12H16O2/c1-4-12(13)10-6-9(3)7-11(8-10)14-5-2/h6-8H,4-5H2,1-3H3. The predicted octanol–water partition coefficient (Wildman–Crippen LogP) is 2.99. The number of carbonyl (C=O) groups is 1. The minimum absolute atomic E-state index is 0.162. The van der Waals surface area contributed by atoms with Gasteiger partial charge in [0.05, 0.1) is 6.61 Å². The molecule has 0 aromatic heterocycles. The summed E-state index contributed by atoms with van der Waals surface area (Å²) in [4.78, 5) is 11.5. The van der Waals surface area contributed by atoms with Crippen LogP contribution in [-0.4, -0.2) is 12.4 Å². The Morgan fingerprint density at radius 3 is 2.57 bits per heavy atom. The van der Waals surface area contributed by atoms with Crippen molar-refractivity contribution in [3.8, 4) is 5.75 Å². The molecule has 0 saturated carbocycles. The Kier molecular flexibility index (Phi) is 3.69. The molecule has 1 aromatic rings. The maximum absolute atomic E-state index is 11.5. The van der Waals surface area contributed by atoms with Gasteiger partial charge in [0.1, 0.15) is 5.75 Å². The Labute approximate surface area is 84.9 Å². The third kappa shape index (κ3) is 2.59. The molecule has 0 atom stereocenters. The molecule has 2 heteroatoms. The van der Waals surface area contributed by atoms with Crippen LogP contribution in [0.1, 0.15) is 36.2 Å². The number of ether oxygens (including phenoxy) is 1. The smallest absolute Gasteiger partial charge is 0.162 e. The molecule has 0 saturated heterocycles. The highest BCUT2D eigenvalue weighted by molar-refractivity contribution is 5.96. The molecule has 0 fully saturated rings. The lowest BCUT2D eigenvalue weighted by molar-refractivity contribution is 0.0987. The van der Waals surface area contributed by atoms with Gasteiger partial charge >= 0.3 is 0 Å². The Bertz CT molecular complexity index is 329. The van der Waals surface area contributed by atoms with Gasteiger partial charge in [0.25, 0.3) is 0 Å². The van der Waals surface area contributed by atoms with Crippen LogP contribution in [0.2, 0.25) is 0 Å². The summed E-state index contributed by atoms with van der Waals surface area (Å²) in [5.74, 6) is 0.943. The van der Waals surface area contributed by atoms with Crippen LogP contribution in [0.3, 0.4) is 0 Å². The highest BCUT2D eigenvalue weighted by atomic mass is 16.5. The summed E-state index contributed by atoms with van der Waals surface area (Å²) in [5, 5.41) is 0. The van der Waals surface area contributed by atoms with Gasteiger partial charge in [0.2, 0.25) is 0 Å². The molecule has 0 unspecified atom stereocenters. The quantitative estimate of drug-likeness (QED) is 0.685. The van der Waals surface area contributed by atoms with Crippen LogP contribution >= 0.6 is 0 Å². The van der Waals surface area contributed by atoms with Crippen LogP contribution in [0.15, 0.2) is 18.2 Å². The van der Waals surface area contributed by atoms with Crippen molar-refractivity contribution in [2.24, 2.45) is 0 Å². The van der Waals surface area contributed by atoms with Crippen LogP contribution in [-0.2, 0) is 0 Å². The number of hydrogen-bond donors (Lipinski definition) is 0. The molecule has 0 N–H and O–H groups in total. The molecule has 14 heavy (non-hydrogen) atoms. The van der Waals surface area contributed by atoms with Crippen molar-refractivity contribution in [1.29, 1.82) is 0 Å². The highest BCUT2D eigenvalue weighted by Crippen LogP contribution is 2.17. The van der Waals surface area contributed by atoms with E-state index in [1.807, 2.05) is 39.0 Å². The van der Waals surface area contributed by atoms with Gasteiger partial charge in [0.15, 0.2) is 5.78 Å². The molecule has 0 aliphatic heterocycles. The lowest BCUT2D eigenvalue weighted by Gasteiger charge is -2.06. The van der Waals surface area contributed by atoms with Gasteiger partial charge in [-0.05, 0) is 37.6 Å². The topological polar surface area (TPSA) is 26.3 Å². The molecule has 2 nitrogen and oxygen atoms in total.